The number of rotatable bonds is 5. The molecule has 0 N–H and O–H groups in total. The van der Waals surface area contributed by atoms with Crippen molar-refractivity contribution in [2.24, 2.45) is 5.92 Å². The number of thioether (sulfide) groups is 1. The Hall–Kier alpha value is -2.35. The zero-order chi connectivity index (χ0) is 19.7. The molecule has 0 spiro atoms. The van der Waals surface area contributed by atoms with E-state index < -0.39 is 0 Å². The van der Waals surface area contributed by atoms with E-state index in [1.54, 1.807) is 4.57 Å². The molecule has 7 nitrogen and oxygen atoms in total. The fourth-order valence-electron chi connectivity index (χ4n) is 3.72. The molecule has 28 heavy (non-hydrogen) atoms. The van der Waals surface area contributed by atoms with Crippen LogP contribution < -0.4 is 5.56 Å². The summed E-state index contributed by atoms with van der Waals surface area (Å²) < 4.78 is 3.60. The highest BCUT2D eigenvalue weighted by molar-refractivity contribution is 7.99. The number of para-hydroxylation sites is 1. The van der Waals surface area contributed by atoms with Crippen LogP contribution in [0.2, 0.25) is 0 Å². The summed E-state index contributed by atoms with van der Waals surface area (Å²) in [5.41, 5.74) is 0.727. The second-order valence-electron chi connectivity index (χ2n) is 7.67. The van der Waals surface area contributed by atoms with Crippen molar-refractivity contribution in [1.29, 1.82) is 0 Å². The molecule has 3 heterocycles. The van der Waals surface area contributed by atoms with Gasteiger partial charge >= 0.3 is 0 Å². The van der Waals surface area contributed by atoms with Crippen molar-refractivity contribution >= 4 is 34.3 Å². The Morgan fingerprint density at radius 2 is 1.89 bits per heavy atom. The van der Waals surface area contributed by atoms with Crippen LogP contribution in [-0.4, -0.2) is 48.8 Å². The second-order valence-corrected chi connectivity index (χ2v) is 8.62. The summed E-state index contributed by atoms with van der Waals surface area (Å²) in [5, 5.41) is 9.91. The smallest absolute Gasteiger partial charge is 0.262 e. The highest BCUT2D eigenvalue weighted by atomic mass is 32.2. The van der Waals surface area contributed by atoms with Gasteiger partial charge in [-0.1, -0.05) is 37.7 Å². The SMILES string of the molecule is CC(C)Cn1c(=O)c2ccccc2n2c(SCC(=O)N3CCCCC3)nnc12. The first-order valence-electron chi connectivity index (χ1n) is 9.83. The predicted octanol–water partition coefficient (Wildman–Crippen LogP) is 2.80. The Bertz CT molecular complexity index is 1070. The van der Waals surface area contributed by atoms with E-state index in [1.165, 1.54) is 18.2 Å². The lowest BCUT2D eigenvalue weighted by Gasteiger charge is -2.26. The summed E-state index contributed by atoms with van der Waals surface area (Å²) in [6.45, 7) is 6.40. The zero-order valence-electron chi connectivity index (χ0n) is 16.3. The summed E-state index contributed by atoms with van der Waals surface area (Å²) in [7, 11) is 0. The van der Waals surface area contributed by atoms with Crippen molar-refractivity contribution in [2.45, 2.75) is 44.8 Å². The van der Waals surface area contributed by atoms with Crippen molar-refractivity contribution in [1.82, 2.24) is 24.1 Å². The molecule has 1 amide bonds. The van der Waals surface area contributed by atoms with Crippen molar-refractivity contribution in [2.75, 3.05) is 18.8 Å². The Morgan fingerprint density at radius 3 is 2.64 bits per heavy atom. The fraction of sp³-hybridized carbons (Fsp3) is 0.500. The first-order chi connectivity index (χ1) is 13.6. The normalized spacial score (nSPS) is 15.0. The fourth-order valence-corrected chi connectivity index (χ4v) is 4.56. The molecule has 148 valence electrons. The molecule has 8 heteroatoms. The molecule has 0 aliphatic carbocycles. The highest BCUT2D eigenvalue weighted by Crippen LogP contribution is 2.23. The number of amides is 1. The number of piperidine rings is 1. The Morgan fingerprint density at radius 1 is 1.14 bits per heavy atom. The van der Waals surface area contributed by atoms with Crippen LogP contribution in [0, 0.1) is 5.92 Å². The van der Waals surface area contributed by atoms with Gasteiger partial charge < -0.3 is 4.90 Å². The third kappa shape index (κ3) is 3.53. The lowest BCUT2D eigenvalue weighted by molar-refractivity contribution is -0.129. The van der Waals surface area contributed by atoms with E-state index in [9.17, 15) is 9.59 Å². The van der Waals surface area contributed by atoms with Crippen LogP contribution in [0.5, 0.6) is 0 Å². The van der Waals surface area contributed by atoms with Gasteiger partial charge in [0, 0.05) is 19.6 Å². The maximum absolute atomic E-state index is 13.0. The van der Waals surface area contributed by atoms with Crippen LogP contribution in [0.15, 0.2) is 34.2 Å². The van der Waals surface area contributed by atoms with Gasteiger partial charge in [0.1, 0.15) is 0 Å². The second kappa shape index (κ2) is 7.95. The summed E-state index contributed by atoms with van der Waals surface area (Å²) in [5.74, 6) is 1.31. The number of likely N-dealkylation sites (tertiary alicyclic amines) is 1. The predicted molar refractivity (Wildman–Crippen MR) is 111 cm³/mol. The van der Waals surface area contributed by atoms with E-state index in [2.05, 4.69) is 24.0 Å². The minimum Gasteiger partial charge on any atom is -0.342 e. The van der Waals surface area contributed by atoms with Crippen molar-refractivity contribution in [3.63, 3.8) is 0 Å². The Kier molecular flexibility index (Phi) is 5.39. The van der Waals surface area contributed by atoms with E-state index in [-0.39, 0.29) is 11.5 Å². The van der Waals surface area contributed by atoms with Crippen LogP contribution in [0.25, 0.3) is 16.7 Å². The van der Waals surface area contributed by atoms with Gasteiger partial charge in [-0.15, -0.1) is 10.2 Å². The molecule has 1 aliphatic rings. The molecular formula is C20H25N5O2S. The number of carbonyl (C=O) groups is 1. The van der Waals surface area contributed by atoms with E-state index in [4.69, 9.17) is 0 Å². The van der Waals surface area contributed by atoms with Gasteiger partial charge in [-0.2, -0.15) is 0 Å². The minimum atomic E-state index is -0.0508. The van der Waals surface area contributed by atoms with E-state index in [1.807, 2.05) is 33.6 Å². The summed E-state index contributed by atoms with van der Waals surface area (Å²) >= 11 is 1.39. The van der Waals surface area contributed by atoms with Crippen LogP contribution in [-0.2, 0) is 11.3 Å². The third-order valence-electron chi connectivity index (χ3n) is 5.06. The average Bonchev–Trinajstić information content (AvgIpc) is 3.14. The zero-order valence-corrected chi connectivity index (χ0v) is 17.1. The third-order valence-corrected chi connectivity index (χ3v) is 5.97. The molecule has 0 bridgehead atoms. The molecule has 1 aliphatic heterocycles. The molecule has 0 saturated carbocycles. The number of nitrogens with zero attached hydrogens (tertiary/aromatic N) is 5. The number of benzene rings is 1. The van der Waals surface area contributed by atoms with Crippen molar-refractivity contribution in [3.8, 4) is 0 Å². The average molecular weight is 400 g/mol. The topological polar surface area (TPSA) is 72.5 Å². The quantitative estimate of drug-likeness (QED) is 0.617. The first-order valence-corrected chi connectivity index (χ1v) is 10.8. The summed E-state index contributed by atoms with van der Waals surface area (Å²) in [6, 6.07) is 7.51. The largest absolute Gasteiger partial charge is 0.342 e. The Labute approximate surface area is 167 Å². The first kappa shape index (κ1) is 19.0. The maximum Gasteiger partial charge on any atom is 0.262 e. The van der Waals surface area contributed by atoms with E-state index in [0.717, 1.165) is 31.4 Å². The molecule has 2 aromatic heterocycles. The standard InChI is InChI=1S/C20H25N5O2S/c1-14(2)12-24-18(27)15-8-4-5-9-16(15)25-19(24)21-22-20(25)28-13-17(26)23-10-6-3-7-11-23/h4-5,8-9,14H,3,6-7,10-13H2,1-2H3. The molecule has 3 aromatic rings. The van der Waals surface area contributed by atoms with Crippen LogP contribution >= 0.6 is 11.8 Å². The highest BCUT2D eigenvalue weighted by Gasteiger charge is 2.20. The van der Waals surface area contributed by atoms with Crippen molar-refractivity contribution in [3.05, 3.63) is 34.6 Å². The lowest BCUT2D eigenvalue weighted by Crippen LogP contribution is -2.36. The number of aromatic nitrogens is 4. The van der Waals surface area contributed by atoms with E-state index in [0.29, 0.717) is 34.5 Å². The molecule has 0 atom stereocenters. The van der Waals surface area contributed by atoms with Crippen LogP contribution in [0.3, 0.4) is 0 Å². The maximum atomic E-state index is 13.0. The van der Waals surface area contributed by atoms with Gasteiger partial charge in [-0.05, 0) is 37.3 Å². The van der Waals surface area contributed by atoms with Gasteiger partial charge in [0.15, 0.2) is 5.16 Å². The molecule has 1 saturated heterocycles. The molecule has 4 rings (SSSR count). The molecule has 0 radical (unpaired) electrons. The van der Waals surface area contributed by atoms with Crippen LogP contribution in [0.1, 0.15) is 33.1 Å². The van der Waals surface area contributed by atoms with Gasteiger partial charge in [0.05, 0.1) is 16.7 Å². The minimum absolute atomic E-state index is 0.0508. The number of hydrogen-bond donors (Lipinski definition) is 0. The summed E-state index contributed by atoms with van der Waals surface area (Å²) in [6.07, 6.45) is 3.36. The summed E-state index contributed by atoms with van der Waals surface area (Å²) in [4.78, 5) is 27.5. The van der Waals surface area contributed by atoms with Gasteiger partial charge in [-0.25, -0.2) is 0 Å². The number of fused-ring (bicyclic) bond motifs is 3. The van der Waals surface area contributed by atoms with Crippen molar-refractivity contribution < 1.29 is 4.79 Å². The molecular weight excluding hydrogens is 374 g/mol. The monoisotopic (exact) mass is 399 g/mol. The number of hydrogen-bond acceptors (Lipinski definition) is 5. The molecule has 1 aromatic carbocycles. The molecule has 1 fully saturated rings. The van der Waals surface area contributed by atoms with Gasteiger partial charge in [0.25, 0.3) is 5.56 Å². The number of carbonyl (C=O) groups excluding carboxylic acids is 1. The van der Waals surface area contributed by atoms with Gasteiger partial charge in [-0.3, -0.25) is 18.6 Å². The van der Waals surface area contributed by atoms with Gasteiger partial charge in [0.2, 0.25) is 11.7 Å². The Balaban J connectivity index is 1.72. The van der Waals surface area contributed by atoms with Crippen LogP contribution in [0.4, 0.5) is 0 Å². The lowest BCUT2D eigenvalue weighted by atomic mass is 10.1. The van der Waals surface area contributed by atoms with E-state index >= 15 is 0 Å². The molecule has 0 unspecified atom stereocenters.